The minimum absolute atomic E-state index is 0. The normalized spacial score (nSPS) is 15.5. The van der Waals surface area contributed by atoms with Gasteiger partial charge in [-0.2, -0.15) is 0 Å². The fraction of sp³-hybridized carbons (Fsp3) is 0.750. The summed E-state index contributed by atoms with van der Waals surface area (Å²) in [5.41, 5.74) is 0.564. The third-order valence-corrected chi connectivity index (χ3v) is 6.87. The van der Waals surface area contributed by atoms with Crippen molar-refractivity contribution in [3.8, 4) is 5.75 Å². The fourth-order valence-corrected chi connectivity index (χ4v) is 4.81. The van der Waals surface area contributed by atoms with Gasteiger partial charge in [-0.15, -0.1) is 17.0 Å². The molecule has 34 heavy (non-hydrogen) atoms. The summed E-state index contributed by atoms with van der Waals surface area (Å²) in [6, 6.07) is 7.50. The van der Waals surface area contributed by atoms with Crippen molar-refractivity contribution in [2.24, 2.45) is 4.99 Å². The molecule has 1 fully saturated rings. The lowest BCUT2D eigenvalue weighted by Gasteiger charge is -2.42. The van der Waals surface area contributed by atoms with Crippen molar-refractivity contribution < 1.29 is 19.1 Å². The van der Waals surface area contributed by atoms with E-state index in [-0.39, 0.29) is 17.0 Å². The van der Waals surface area contributed by atoms with Crippen molar-refractivity contribution in [3.05, 3.63) is 24.3 Å². The van der Waals surface area contributed by atoms with Gasteiger partial charge in [-0.3, -0.25) is 0 Å². The Bertz CT molecular complexity index is 663. The average molecular weight is 542 g/mol. The molecule has 0 atom stereocenters. The molecule has 0 unspecified atom stereocenters. The maximum absolute atomic E-state index is 12.4. The van der Waals surface area contributed by atoms with E-state index in [4.69, 9.17) is 9.47 Å². The number of hydrogen-bond donors (Lipinski definition) is 0. The van der Waals surface area contributed by atoms with E-state index in [1.54, 1.807) is 0 Å². The number of rotatable bonds is 17. The van der Waals surface area contributed by atoms with Crippen LogP contribution in [0.15, 0.2) is 29.3 Å². The van der Waals surface area contributed by atoms with Crippen LogP contribution in [0.3, 0.4) is 0 Å². The second-order valence-corrected chi connectivity index (χ2v) is 9.67. The Morgan fingerprint density at radius 3 is 2.18 bits per heavy atom. The molecule has 0 spiro atoms. The Labute approximate surface area is 219 Å². The molecule has 1 aliphatic rings. The molecule has 1 aromatic carbocycles. The molecule has 6 heteroatoms. The highest BCUT2D eigenvalue weighted by Gasteiger charge is 2.28. The summed E-state index contributed by atoms with van der Waals surface area (Å²) in [7, 11) is 0. The standard InChI is InChI=1S/C28H48N2O3.BrH/c1-3-5-7-9-14-20-30(21-15-11-16-22-30)23-25-33-28(31)29-26-18-12-13-19-27(26)32-24-17-10-8-6-4-2;/h12-13,18-19H,3-11,14-17,20-25H2,1-2H3;1H. The number of unbranched alkanes of at least 4 members (excludes halogenated alkanes) is 8. The summed E-state index contributed by atoms with van der Waals surface area (Å²) in [6.45, 7) is 10.1. The molecule has 0 radical (unpaired) electrons. The van der Waals surface area contributed by atoms with Crippen LogP contribution < -0.4 is 9.84 Å². The lowest BCUT2D eigenvalue weighted by Crippen LogP contribution is -2.54. The number of hydrogen-bond acceptors (Lipinski definition) is 4. The number of piperidine rings is 1. The zero-order valence-corrected chi connectivity index (χ0v) is 23.5. The summed E-state index contributed by atoms with van der Waals surface area (Å²) in [5, 5.41) is 12.4. The third-order valence-electron chi connectivity index (χ3n) is 6.87. The van der Waals surface area contributed by atoms with Crippen molar-refractivity contribution in [1.82, 2.24) is 0 Å². The summed E-state index contributed by atoms with van der Waals surface area (Å²) in [6.07, 6.45) is 15.9. The number of nitrogens with zero attached hydrogens (tertiary/aromatic N) is 2. The Hall–Kier alpha value is -1.27. The molecule has 0 aliphatic carbocycles. The Morgan fingerprint density at radius 2 is 1.47 bits per heavy atom. The second kappa shape index (κ2) is 19.0. The lowest BCUT2D eigenvalue weighted by molar-refractivity contribution is -0.932. The van der Waals surface area contributed by atoms with E-state index in [9.17, 15) is 5.11 Å². The topological polar surface area (TPSA) is 53.9 Å². The van der Waals surface area contributed by atoms with Crippen LogP contribution in [0.25, 0.3) is 0 Å². The van der Waals surface area contributed by atoms with Crippen LogP contribution in [0, 0.1) is 0 Å². The van der Waals surface area contributed by atoms with E-state index >= 15 is 0 Å². The first kappa shape index (κ1) is 30.8. The number of aliphatic imine (C=N–C) groups is 1. The predicted octanol–water partition coefficient (Wildman–Crippen LogP) is 6.95. The van der Waals surface area contributed by atoms with Gasteiger partial charge >= 0.3 is 0 Å². The molecule has 2 rings (SSSR count). The first-order chi connectivity index (χ1) is 16.2. The van der Waals surface area contributed by atoms with Crippen LogP contribution in [-0.4, -0.2) is 50.0 Å². The van der Waals surface area contributed by atoms with E-state index in [1.165, 1.54) is 96.7 Å². The summed E-state index contributed by atoms with van der Waals surface area (Å²) < 4.78 is 12.6. The van der Waals surface area contributed by atoms with Gasteiger partial charge in [-0.05, 0) is 50.7 Å². The number of para-hydroxylation sites is 2. The third kappa shape index (κ3) is 12.4. The molecule has 0 bridgehead atoms. The fourth-order valence-electron chi connectivity index (χ4n) is 4.81. The van der Waals surface area contributed by atoms with E-state index in [1.807, 2.05) is 24.3 Å². The molecule has 1 aliphatic heterocycles. The van der Waals surface area contributed by atoms with Crippen molar-refractivity contribution in [3.63, 3.8) is 0 Å². The summed E-state index contributed by atoms with van der Waals surface area (Å²) >= 11 is 0. The molecular formula is C28H49BrN2O3. The van der Waals surface area contributed by atoms with Crippen molar-refractivity contribution >= 4 is 28.8 Å². The van der Waals surface area contributed by atoms with Gasteiger partial charge in [0.05, 0.1) is 32.8 Å². The highest BCUT2D eigenvalue weighted by Crippen LogP contribution is 2.27. The maximum Gasteiger partial charge on any atom is 0.151 e. The van der Waals surface area contributed by atoms with Gasteiger partial charge in [0.1, 0.15) is 11.4 Å². The first-order valence-corrected chi connectivity index (χ1v) is 13.6. The molecule has 0 saturated carbocycles. The average Bonchev–Trinajstić information content (AvgIpc) is 2.83. The largest absolute Gasteiger partial charge is 0.594 e. The van der Waals surface area contributed by atoms with Crippen molar-refractivity contribution in [2.45, 2.75) is 97.3 Å². The van der Waals surface area contributed by atoms with Crippen LogP contribution in [0.2, 0.25) is 0 Å². The molecule has 1 heterocycles. The van der Waals surface area contributed by atoms with Crippen LogP contribution >= 0.6 is 17.0 Å². The SMILES string of the molecule is Br.CCCCCCCOc1ccccc1N=C([O-])OCC[N+]1(CCCCCCC)CCCCC1. The predicted molar refractivity (Wildman–Crippen MR) is 146 cm³/mol. The van der Waals surface area contributed by atoms with Crippen molar-refractivity contribution in [1.29, 1.82) is 0 Å². The van der Waals surface area contributed by atoms with E-state index in [0.29, 0.717) is 24.7 Å². The highest BCUT2D eigenvalue weighted by molar-refractivity contribution is 8.93. The van der Waals surface area contributed by atoms with Gasteiger partial charge in [-0.1, -0.05) is 70.9 Å². The molecule has 196 valence electrons. The van der Waals surface area contributed by atoms with Crippen LogP contribution in [0.4, 0.5) is 5.69 Å². The number of likely N-dealkylation sites (tertiary alicyclic amines) is 1. The Balaban J connectivity index is 0.00000578. The summed E-state index contributed by atoms with van der Waals surface area (Å²) in [4.78, 5) is 4.20. The van der Waals surface area contributed by atoms with Gasteiger partial charge in [0.15, 0.2) is 6.08 Å². The molecule has 1 aromatic rings. The number of quaternary nitrogens is 1. The monoisotopic (exact) mass is 540 g/mol. The molecule has 1 saturated heterocycles. The van der Waals surface area contributed by atoms with Crippen LogP contribution in [0.5, 0.6) is 5.75 Å². The number of benzene rings is 1. The maximum atomic E-state index is 12.4. The van der Waals surface area contributed by atoms with E-state index in [0.717, 1.165) is 17.4 Å². The zero-order valence-electron chi connectivity index (χ0n) is 21.8. The van der Waals surface area contributed by atoms with Crippen molar-refractivity contribution in [2.75, 3.05) is 39.4 Å². The van der Waals surface area contributed by atoms with Gasteiger partial charge < -0.3 is 19.1 Å². The molecule has 0 aromatic heterocycles. The smallest absolute Gasteiger partial charge is 0.151 e. The Morgan fingerprint density at radius 1 is 0.824 bits per heavy atom. The molecule has 5 nitrogen and oxygen atoms in total. The van der Waals surface area contributed by atoms with Gasteiger partial charge in [0.25, 0.3) is 0 Å². The lowest BCUT2D eigenvalue weighted by atomic mass is 10.1. The van der Waals surface area contributed by atoms with Crippen LogP contribution in [-0.2, 0) is 4.74 Å². The quantitative estimate of drug-likeness (QED) is 0.0928. The number of ether oxygens (including phenoxy) is 2. The molecule has 0 amide bonds. The minimum atomic E-state index is -0.507. The van der Waals surface area contributed by atoms with Gasteiger partial charge in [-0.25, -0.2) is 4.99 Å². The van der Waals surface area contributed by atoms with Gasteiger partial charge in [0.2, 0.25) is 0 Å². The van der Waals surface area contributed by atoms with E-state index in [2.05, 4.69) is 18.8 Å². The minimum Gasteiger partial charge on any atom is -0.594 e. The number of halogens is 1. The second-order valence-electron chi connectivity index (χ2n) is 9.67. The molecular weight excluding hydrogens is 492 g/mol. The van der Waals surface area contributed by atoms with E-state index < -0.39 is 6.08 Å². The Kier molecular flexibility index (Phi) is 17.2. The highest BCUT2D eigenvalue weighted by atomic mass is 79.9. The molecule has 0 N–H and O–H groups in total. The van der Waals surface area contributed by atoms with Gasteiger partial charge in [0, 0.05) is 6.61 Å². The zero-order chi connectivity index (χ0) is 23.6. The van der Waals surface area contributed by atoms with Crippen LogP contribution in [0.1, 0.15) is 97.3 Å². The first-order valence-electron chi connectivity index (χ1n) is 13.6. The summed E-state index contributed by atoms with van der Waals surface area (Å²) in [5.74, 6) is 0.663.